The van der Waals surface area contributed by atoms with Crippen LogP contribution in [-0.2, 0) is 6.54 Å². The zero-order chi connectivity index (χ0) is 12.4. The molecule has 3 nitrogen and oxygen atoms in total. The Morgan fingerprint density at radius 3 is 2.88 bits per heavy atom. The first-order valence-corrected chi connectivity index (χ1v) is 6.35. The van der Waals surface area contributed by atoms with Crippen LogP contribution in [0, 0.1) is 12.8 Å². The second kappa shape index (κ2) is 5.07. The molecule has 3 heteroatoms. The van der Waals surface area contributed by atoms with E-state index < -0.39 is 0 Å². The molecular formula is C14H22N2O. The maximum absolute atomic E-state index is 9.55. The predicted octanol–water partition coefficient (Wildman–Crippen LogP) is 1.66. The molecule has 17 heavy (non-hydrogen) atoms. The molecular weight excluding hydrogens is 212 g/mol. The van der Waals surface area contributed by atoms with E-state index in [1.54, 1.807) is 0 Å². The summed E-state index contributed by atoms with van der Waals surface area (Å²) in [6.45, 7) is 6.12. The Kier molecular flexibility index (Phi) is 3.69. The van der Waals surface area contributed by atoms with Crippen molar-refractivity contribution in [3.8, 4) is 0 Å². The molecule has 0 bridgehead atoms. The summed E-state index contributed by atoms with van der Waals surface area (Å²) in [5.41, 5.74) is 9.48. The zero-order valence-corrected chi connectivity index (χ0v) is 10.7. The quantitative estimate of drug-likeness (QED) is 0.836. The topological polar surface area (TPSA) is 49.5 Å². The molecule has 1 aliphatic rings. The van der Waals surface area contributed by atoms with Gasteiger partial charge in [0, 0.05) is 18.8 Å². The first-order valence-electron chi connectivity index (χ1n) is 6.35. The Morgan fingerprint density at radius 2 is 2.24 bits per heavy atom. The van der Waals surface area contributed by atoms with E-state index in [-0.39, 0.29) is 12.6 Å². The molecule has 1 aromatic carbocycles. The van der Waals surface area contributed by atoms with Crippen LogP contribution in [0.25, 0.3) is 0 Å². The molecule has 1 heterocycles. The van der Waals surface area contributed by atoms with Gasteiger partial charge in [-0.3, -0.25) is 0 Å². The van der Waals surface area contributed by atoms with Crippen LogP contribution in [0.2, 0.25) is 0 Å². The minimum absolute atomic E-state index is 0.222. The van der Waals surface area contributed by atoms with Crippen molar-refractivity contribution in [1.82, 2.24) is 0 Å². The van der Waals surface area contributed by atoms with Gasteiger partial charge in [0.2, 0.25) is 0 Å². The van der Waals surface area contributed by atoms with Crippen LogP contribution in [-0.4, -0.2) is 24.3 Å². The van der Waals surface area contributed by atoms with E-state index in [4.69, 9.17) is 5.73 Å². The molecule has 2 atom stereocenters. The summed E-state index contributed by atoms with van der Waals surface area (Å²) in [6, 6.07) is 6.49. The smallest absolute Gasteiger partial charge is 0.0637 e. The average molecular weight is 234 g/mol. The predicted molar refractivity (Wildman–Crippen MR) is 71.1 cm³/mol. The zero-order valence-electron chi connectivity index (χ0n) is 10.7. The summed E-state index contributed by atoms with van der Waals surface area (Å²) in [7, 11) is 0. The van der Waals surface area contributed by atoms with Crippen molar-refractivity contribution >= 4 is 5.69 Å². The van der Waals surface area contributed by atoms with Crippen molar-refractivity contribution < 1.29 is 5.11 Å². The van der Waals surface area contributed by atoms with Gasteiger partial charge in [-0.25, -0.2) is 0 Å². The lowest BCUT2D eigenvalue weighted by molar-refractivity contribution is 0.244. The van der Waals surface area contributed by atoms with Crippen LogP contribution in [0.15, 0.2) is 18.2 Å². The minimum atomic E-state index is 0.222. The molecule has 1 aromatic rings. The number of para-hydroxylation sites is 1. The largest absolute Gasteiger partial charge is 0.394 e. The van der Waals surface area contributed by atoms with Gasteiger partial charge in [0.25, 0.3) is 0 Å². The molecule has 94 valence electrons. The number of nitrogens with zero attached hydrogens (tertiary/aromatic N) is 1. The van der Waals surface area contributed by atoms with E-state index in [0.717, 1.165) is 13.0 Å². The maximum atomic E-state index is 9.55. The lowest BCUT2D eigenvalue weighted by Crippen LogP contribution is -2.36. The highest BCUT2D eigenvalue weighted by Crippen LogP contribution is 2.34. The standard InChI is InChI=1S/C14H22N2O/c1-10-6-7-16(13(10)9-17)14-11(2)4-3-5-12(14)8-15/h3-5,10,13,17H,6-9,15H2,1-2H3. The van der Waals surface area contributed by atoms with Crippen molar-refractivity contribution in [1.29, 1.82) is 0 Å². The Hall–Kier alpha value is -1.06. The van der Waals surface area contributed by atoms with Gasteiger partial charge in [-0.2, -0.15) is 0 Å². The number of hydrogen-bond acceptors (Lipinski definition) is 3. The van der Waals surface area contributed by atoms with E-state index >= 15 is 0 Å². The summed E-state index contributed by atoms with van der Waals surface area (Å²) >= 11 is 0. The highest BCUT2D eigenvalue weighted by molar-refractivity contribution is 5.60. The monoisotopic (exact) mass is 234 g/mol. The summed E-state index contributed by atoms with van der Waals surface area (Å²) in [4.78, 5) is 2.34. The van der Waals surface area contributed by atoms with Crippen LogP contribution in [0.1, 0.15) is 24.5 Å². The van der Waals surface area contributed by atoms with Gasteiger partial charge in [0.1, 0.15) is 0 Å². The Morgan fingerprint density at radius 1 is 1.47 bits per heavy atom. The van der Waals surface area contributed by atoms with E-state index in [1.807, 2.05) is 0 Å². The van der Waals surface area contributed by atoms with Gasteiger partial charge >= 0.3 is 0 Å². The first-order chi connectivity index (χ1) is 8.19. The summed E-state index contributed by atoms with van der Waals surface area (Å²) < 4.78 is 0. The molecule has 1 fully saturated rings. The van der Waals surface area contributed by atoms with E-state index in [2.05, 4.69) is 36.9 Å². The number of benzene rings is 1. The molecule has 0 aromatic heterocycles. The van der Waals surface area contributed by atoms with Crippen LogP contribution in [0.4, 0.5) is 5.69 Å². The van der Waals surface area contributed by atoms with Crippen molar-refractivity contribution in [2.75, 3.05) is 18.1 Å². The van der Waals surface area contributed by atoms with Crippen molar-refractivity contribution in [2.24, 2.45) is 11.7 Å². The van der Waals surface area contributed by atoms with Crippen molar-refractivity contribution in [2.45, 2.75) is 32.9 Å². The fourth-order valence-electron chi connectivity index (χ4n) is 2.86. The van der Waals surface area contributed by atoms with E-state index in [1.165, 1.54) is 16.8 Å². The molecule has 0 saturated carbocycles. The van der Waals surface area contributed by atoms with Gasteiger partial charge in [-0.15, -0.1) is 0 Å². The number of aliphatic hydroxyl groups is 1. The molecule has 1 aliphatic heterocycles. The Labute approximate surface area is 103 Å². The molecule has 0 aliphatic carbocycles. The highest BCUT2D eigenvalue weighted by Gasteiger charge is 2.32. The number of hydrogen-bond donors (Lipinski definition) is 2. The van der Waals surface area contributed by atoms with Gasteiger partial charge < -0.3 is 15.7 Å². The summed E-state index contributed by atoms with van der Waals surface area (Å²) in [5.74, 6) is 0.547. The van der Waals surface area contributed by atoms with E-state index in [9.17, 15) is 5.11 Å². The minimum Gasteiger partial charge on any atom is -0.394 e. The number of anilines is 1. The van der Waals surface area contributed by atoms with Gasteiger partial charge in [0.05, 0.1) is 12.6 Å². The highest BCUT2D eigenvalue weighted by atomic mass is 16.3. The average Bonchev–Trinajstić information content (AvgIpc) is 2.69. The molecule has 0 radical (unpaired) electrons. The SMILES string of the molecule is Cc1cccc(CN)c1N1CCC(C)C1CO. The molecule has 0 amide bonds. The third-order valence-corrected chi connectivity index (χ3v) is 3.90. The number of aryl methyl sites for hydroxylation is 1. The second-order valence-corrected chi connectivity index (χ2v) is 5.00. The van der Waals surface area contributed by atoms with Gasteiger partial charge in [-0.1, -0.05) is 25.1 Å². The first kappa shape index (κ1) is 12.4. The van der Waals surface area contributed by atoms with Gasteiger partial charge in [-0.05, 0) is 30.4 Å². The normalized spacial score (nSPS) is 24.4. The molecule has 2 unspecified atom stereocenters. The second-order valence-electron chi connectivity index (χ2n) is 5.00. The summed E-state index contributed by atoms with van der Waals surface area (Å²) in [5, 5.41) is 9.55. The van der Waals surface area contributed by atoms with Crippen LogP contribution in [0.3, 0.4) is 0 Å². The van der Waals surface area contributed by atoms with Crippen LogP contribution < -0.4 is 10.6 Å². The third kappa shape index (κ3) is 2.17. The fraction of sp³-hybridized carbons (Fsp3) is 0.571. The van der Waals surface area contributed by atoms with Crippen molar-refractivity contribution in [3.05, 3.63) is 29.3 Å². The fourth-order valence-corrected chi connectivity index (χ4v) is 2.86. The maximum Gasteiger partial charge on any atom is 0.0637 e. The lowest BCUT2D eigenvalue weighted by atomic mass is 10.0. The Balaban J connectivity index is 2.39. The number of rotatable bonds is 3. The summed E-state index contributed by atoms with van der Waals surface area (Å²) in [6.07, 6.45) is 1.14. The van der Waals surface area contributed by atoms with Gasteiger partial charge in [0.15, 0.2) is 0 Å². The van der Waals surface area contributed by atoms with Crippen LogP contribution in [0.5, 0.6) is 0 Å². The number of nitrogens with two attached hydrogens (primary N) is 1. The Bertz CT molecular complexity index is 392. The third-order valence-electron chi connectivity index (χ3n) is 3.90. The lowest BCUT2D eigenvalue weighted by Gasteiger charge is -2.30. The van der Waals surface area contributed by atoms with E-state index in [0.29, 0.717) is 12.5 Å². The van der Waals surface area contributed by atoms with Crippen molar-refractivity contribution in [3.63, 3.8) is 0 Å². The molecule has 3 N–H and O–H groups in total. The van der Waals surface area contributed by atoms with Crippen LogP contribution >= 0.6 is 0 Å². The molecule has 2 rings (SSSR count). The molecule has 0 spiro atoms. The molecule has 1 saturated heterocycles. The number of aliphatic hydroxyl groups excluding tert-OH is 1.